The van der Waals surface area contributed by atoms with Gasteiger partial charge in [0.2, 0.25) is 30.0 Å². The van der Waals surface area contributed by atoms with E-state index in [1.807, 2.05) is 18.2 Å². The van der Waals surface area contributed by atoms with E-state index in [2.05, 4.69) is 255 Å². The first kappa shape index (κ1) is 58.4. The normalized spacial score (nSPS) is 13.9. The van der Waals surface area contributed by atoms with Gasteiger partial charge in [-0.05, 0) is 197 Å². The Labute approximate surface area is 386 Å². The molecule has 0 bridgehead atoms. The van der Waals surface area contributed by atoms with Gasteiger partial charge in [-0.2, -0.15) is 0 Å². The van der Waals surface area contributed by atoms with Gasteiger partial charge in [-0.25, -0.2) is 56.0 Å². The van der Waals surface area contributed by atoms with Crippen LogP contribution in [0.1, 0.15) is 16.7 Å². The molecule has 0 spiro atoms. The number of benzene rings is 2. The van der Waals surface area contributed by atoms with Crippen molar-refractivity contribution in [3.05, 3.63) is 71.3 Å². The highest BCUT2D eigenvalue weighted by Crippen LogP contribution is 2.86. The van der Waals surface area contributed by atoms with Crippen molar-refractivity contribution >= 4 is 37.9 Å². The second kappa shape index (κ2) is 25.0. The molecule has 0 fully saturated rings. The van der Waals surface area contributed by atoms with Gasteiger partial charge in [-0.3, -0.25) is 0 Å². The van der Waals surface area contributed by atoms with Gasteiger partial charge in [0.05, 0.1) is 26.4 Å². The Bertz CT molecular complexity index is 1720. The summed E-state index contributed by atoms with van der Waals surface area (Å²) < 4.78 is 64.1. The maximum absolute atomic E-state index is 6.34. The molecule has 0 N–H and O–H groups in total. The van der Waals surface area contributed by atoms with Gasteiger partial charge in [0.15, 0.2) is 0 Å². The van der Waals surface area contributed by atoms with Crippen LogP contribution < -0.4 is 0 Å². The maximum Gasteiger partial charge on any atom is 0.502 e. The standard InChI is InChI=1S/C40H88N16O2P5/c1-45(2)60(46(3)4,47(5)6)41-59(42-61(48(7)8,49(9)10)50(11)12,43-62(51(13)14,52(15)16)53(17)18)44-63(54(19)20,55(21)22)56(23)35-38-29-31-40(32-30-38)37-58-34-33-57-36-39-27-25-24-26-28-39/h24-32H,33-37H2,1-23H3/q+1. The number of nitrogens with zero attached hydrogens (tertiary/aromatic N) is 16. The molecule has 0 aromatic heterocycles. The highest BCUT2D eigenvalue weighted by molar-refractivity contribution is 7.88. The smallest absolute Gasteiger partial charge is 0.374 e. The molecule has 0 heterocycles. The molecule has 2 rings (SSSR count). The summed E-state index contributed by atoms with van der Waals surface area (Å²) in [5, 5.41) is 0. The first-order valence-corrected chi connectivity index (χ1v) is 29.0. The molecule has 0 atom stereocenters. The lowest BCUT2D eigenvalue weighted by Gasteiger charge is -2.45. The number of hydrogen-bond acceptors (Lipinski definition) is 6. The van der Waals surface area contributed by atoms with Crippen LogP contribution in [0.5, 0.6) is 0 Å². The fourth-order valence-electron chi connectivity index (χ4n) is 8.06. The Morgan fingerprint density at radius 3 is 0.889 bits per heavy atom. The van der Waals surface area contributed by atoms with E-state index in [1.54, 1.807) is 0 Å². The molecule has 0 aliphatic carbocycles. The summed E-state index contributed by atoms with van der Waals surface area (Å²) in [7, 11) is 34.2. The summed E-state index contributed by atoms with van der Waals surface area (Å²) in [5.41, 5.74) is 3.43. The van der Waals surface area contributed by atoms with Crippen molar-refractivity contribution < 1.29 is 9.47 Å². The zero-order chi connectivity index (χ0) is 48.3. The monoisotopic (exact) mass is 980 g/mol. The fourth-order valence-corrected chi connectivity index (χ4v) is 32.3. The molecule has 0 aliphatic rings. The van der Waals surface area contributed by atoms with Crippen LogP contribution >= 0.6 is 37.9 Å². The SMILES string of the molecule is CN(C)P(=N[P+](N=P(N(C)C)(N(C)C)N(C)C)(N=P(N(C)C)(N(C)C)N(C)C)N=P(N(C)C)(N(C)C)N(C)Cc1ccc(COCCOCc2ccccc2)cc1)(N(C)C)N(C)C. The van der Waals surface area contributed by atoms with Crippen molar-refractivity contribution in [2.24, 2.45) is 18.1 Å². The highest BCUT2D eigenvalue weighted by atomic mass is 31.3. The first-order valence-electron chi connectivity index (χ1n) is 21.0. The lowest BCUT2D eigenvalue weighted by Crippen LogP contribution is -2.34. The number of rotatable bonds is 25. The van der Waals surface area contributed by atoms with E-state index in [9.17, 15) is 0 Å². The van der Waals surface area contributed by atoms with Crippen LogP contribution in [-0.2, 0) is 29.2 Å². The minimum absolute atomic E-state index is 0.515. The third-order valence-electron chi connectivity index (χ3n) is 10.5. The van der Waals surface area contributed by atoms with Crippen LogP contribution in [0.2, 0.25) is 0 Å². The molecular weight excluding hydrogens is 891 g/mol. The Kier molecular flexibility index (Phi) is 23.2. The Morgan fingerprint density at radius 1 is 0.349 bits per heavy atom. The highest BCUT2D eigenvalue weighted by Gasteiger charge is 2.57. The van der Waals surface area contributed by atoms with E-state index in [4.69, 9.17) is 27.5 Å². The molecule has 2 aromatic rings. The third-order valence-corrected chi connectivity index (χ3v) is 31.1. The lowest BCUT2D eigenvalue weighted by molar-refractivity contribution is 0.0339. The second-order valence-corrected chi connectivity index (χ2v) is 35.3. The van der Waals surface area contributed by atoms with Crippen molar-refractivity contribution in [3.63, 3.8) is 0 Å². The largest absolute Gasteiger partial charge is 0.502 e. The predicted octanol–water partition coefficient (Wildman–Crippen LogP) is 8.49. The van der Waals surface area contributed by atoms with E-state index < -0.39 is 37.9 Å². The van der Waals surface area contributed by atoms with E-state index >= 15 is 0 Å². The molecule has 2 aromatic carbocycles. The predicted molar refractivity (Wildman–Crippen MR) is 279 cm³/mol. The van der Waals surface area contributed by atoms with Gasteiger partial charge < -0.3 is 9.47 Å². The van der Waals surface area contributed by atoms with Crippen molar-refractivity contribution in [2.45, 2.75) is 19.8 Å². The first-order chi connectivity index (χ1) is 29.2. The Morgan fingerprint density at radius 2 is 0.603 bits per heavy atom. The summed E-state index contributed by atoms with van der Waals surface area (Å²) in [6, 6.07) is 18.9. The topological polar surface area (TPSA) is 107 Å². The van der Waals surface area contributed by atoms with Crippen LogP contribution in [0.3, 0.4) is 0 Å². The van der Waals surface area contributed by atoms with Gasteiger partial charge in [0.1, 0.15) is 0 Å². The number of hydrogen-bond donors (Lipinski definition) is 0. The molecule has 364 valence electrons. The van der Waals surface area contributed by atoms with Crippen LogP contribution in [0.25, 0.3) is 0 Å². The molecule has 63 heavy (non-hydrogen) atoms. The molecule has 23 heteroatoms. The molecule has 0 aliphatic heterocycles. The molecule has 0 saturated carbocycles. The molecular formula is C40H88N16O2P5+. The van der Waals surface area contributed by atoms with Gasteiger partial charge in [-0.15, -0.1) is 0 Å². The Balaban J connectivity index is 3.15. The zero-order valence-electron chi connectivity index (χ0n) is 43.4. The summed E-state index contributed by atoms with van der Waals surface area (Å²) in [6.07, 6.45) is 0. The van der Waals surface area contributed by atoms with Gasteiger partial charge >= 0.3 is 7.87 Å². The van der Waals surface area contributed by atoms with Gasteiger partial charge in [-0.1, -0.05) is 54.6 Å². The van der Waals surface area contributed by atoms with E-state index in [0.717, 1.165) is 16.7 Å². The molecule has 0 unspecified atom stereocenters. The van der Waals surface area contributed by atoms with Crippen LogP contribution in [-0.4, -0.2) is 231 Å². The second-order valence-electron chi connectivity index (χ2n) is 17.6. The van der Waals surface area contributed by atoms with Crippen molar-refractivity contribution in [3.8, 4) is 0 Å². The summed E-state index contributed by atoms with van der Waals surface area (Å²) in [6.45, 7) is 2.79. The third kappa shape index (κ3) is 13.5. The minimum Gasteiger partial charge on any atom is -0.374 e. The van der Waals surface area contributed by atoms with Crippen molar-refractivity contribution in [1.82, 2.24) is 56.0 Å². The molecule has 0 radical (unpaired) electrons. The zero-order valence-corrected chi connectivity index (χ0v) is 47.9. The quantitative estimate of drug-likeness (QED) is 0.0702. The average Bonchev–Trinajstić information content (AvgIpc) is 3.17. The minimum atomic E-state index is -3.61. The van der Waals surface area contributed by atoms with E-state index in [-0.39, 0.29) is 0 Å². The fraction of sp³-hybridized carbons (Fsp3) is 0.700. The summed E-state index contributed by atoms with van der Waals surface area (Å²) in [5.74, 6) is 0. The van der Waals surface area contributed by atoms with Gasteiger partial charge in [0.25, 0.3) is 0 Å². The van der Waals surface area contributed by atoms with Crippen molar-refractivity contribution in [1.29, 1.82) is 0 Å². The van der Waals surface area contributed by atoms with Crippen LogP contribution in [0.15, 0.2) is 72.7 Å². The maximum atomic E-state index is 6.34. The van der Waals surface area contributed by atoms with E-state index in [0.29, 0.717) is 33.0 Å². The lowest BCUT2D eigenvalue weighted by atomic mass is 10.1. The number of ether oxygens (including phenoxy) is 2. The van der Waals surface area contributed by atoms with Crippen LogP contribution in [0, 0.1) is 0 Å². The Hall–Kier alpha value is -0.770. The van der Waals surface area contributed by atoms with Crippen LogP contribution in [0.4, 0.5) is 0 Å². The van der Waals surface area contributed by atoms with E-state index in [1.165, 1.54) is 0 Å². The van der Waals surface area contributed by atoms with Crippen molar-refractivity contribution in [2.75, 3.05) is 175 Å². The molecule has 18 nitrogen and oxygen atoms in total. The summed E-state index contributed by atoms with van der Waals surface area (Å²) in [4.78, 5) is 0. The average molecular weight is 980 g/mol. The van der Waals surface area contributed by atoms with Gasteiger partial charge in [0, 0.05) is 6.54 Å². The molecule has 0 saturated heterocycles. The molecule has 0 amide bonds. The summed E-state index contributed by atoms with van der Waals surface area (Å²) >= 11 is 0.